The van der Waals surface area contributed by atoms with Crippen LogP contribution in [0.4, 0.5) is 5.69 Å². The van der Waals surface area contributed by atoms with E-state index in [1.54, 1.807) is 13.1 Å². The number of anilines is 1. The minimum Gasteiger partial charge on any atom is -0.465 e. The molecule has 0 N–H and O–H groups in total. The molecular weight excluding hydrogens is 584 g/mol. The number of methoxy groups -OCH3 is 1. The lowest BCUT2D eigenvalue weighted by Crippen LogP contribution is -2.40. The summed E-state index contributed by atoms with van der Waals surface area (Å²) >= 11 is 9.78. The van der Waals surface area contributed by atoms with Crippen LogP contribution in [0.15, 0.2) is 50.8 Å². The molecule has 1 aromatic carbocycles. The van der Waals surface area contributed by atoms with Crippen molar-refractivity contribution in [2.75, 3.05) is 19.1 Å². The Morgan fingerprint density at radius 1 is 1.18 bits per heavy atom. The molecule has 1 saturated carbocycles. The van der Waals surface area contributed by atoms with Crippen LogP contribution < -0.4 is 10.5 Å². The molecular formula is C29H34BrClN4O4. The minimum atomic E-state index is -0.702. The maximum absolute atomic E-state index is 13.4. The molecule has 0 radical (unpaired) electrons. The number of benzene rings is 1. The van der Waals surface area contributed by atoms with E-state index in [1.165, 1.54) is 11.7 Å². The first kappa shape index (κ1) is 29.1. The van der Waals surface area contributed by atoms with Crippen LogP contribution in [0.5, 0.6) is 0 Å². The number of aryl methyl sites for hydroxylation is 1. The average molecular weight is 618 g/mol. The van der Waals surface area contributed by atoms with Gasteiger partial charge in [0, 0.05) is 26.1 Å². The number of carbonyl (C=O) groups excluding carboxylic acids is 1. The van der Waals surface area contributed by atoms with Gasteiger partial charge in [-0.15, -0.1) is 0 Å². The average Bonchev–Trinajstić information content (AvgIpc) is 2.91. The SMILES string of the molecule is COC(=O)c1c(N(C)C2CCC(/C(=N/OC(C)(C)C)c3ccccc3)CC2)c2nc(Cl)c(Br)cc2n(C)c1=O. The summed E-state index contributed by atoms with van der Waals surface area (Å²) in [6.07, 6.45) is 3.38. The van der Waals surface area contributed by atoms with Crippen molar-refractivity contribution in [2.45, 2.75) is 58.1 Å². The maximum Gasteiger partial charge on any atom is 0.345 e. The fourth-order valence-corrected chi connectivity index (χ4v) is 5.53. The fraction of sp³-hybridized carbons (Fsp3) is 0.448. The van der Waals surface area contributed by atoms with Crippen LogP contribution >= 0.6 is 27.5 Å². The number of hydrogen-bond donors (Lipinski definition) is 0. The molecule has 2 aromatic heterocycles. The molecule has 0 spiro atoms. The highest BCUT2D eigenvalue weighted by Crippen LogP contribution is 2.37. The number of halogens is 2. The second kappa shape index (κ2) is 11.7. The fourth-order valence-electron chi connectivity index (χ4n) is 5.09. The number of oxime groups is 1. The molecule has 1 fully saturated rings. The Bertz CT molecular complexity index is 1460. The van der Waals surface area contributed by atoms with Crippen molar-refractivity contribution in [2.24, 2.45) is 18.1 Å². The molecule has 0 amide bonds. The Labute approximate surface area is 242 Å². The number of pyridine rings is 2. The molecule has 0 aliphatic heterocycles. The van der Waals surface area contributed by atoms with Gasteiger partial charge < -0.3 is 19.0 Å². The number of rotatable bonds is 6. The number of ether oxygens (including phenoxy) is 1. The minimum absolute atomic E-state index is 0.0480. The van der Waals surface area contributed by atoms with E-state index in [4.69, 9.17) is 21.2 Å². The first-order valence-corrected chi connectivity index (χ1v) is 14.1. The molecule has 1 aliphatic carbocycles. The topological polar surface area (TPSA) is 86.0 Å². The number of aromatic nitrogens is 2. The molecule has 0 saturated heterocycles. The molecule has 8 nitrogen and oxygen atoms in total. The molecule has 0 bridgehead atoms. The number of fused-ring (bicyclic) bond motifs is 1. The molecule has 2 heterocycles. The lowest BCUT2D eigenvalue weighted by Gasteiger charge is -2.37. The number of nitrogens with zero attached hydrogens (tertiary/aromatic N) is 4. The Morgan fingerprint density at radius 3 is 2.41 bits per heavy atom. The molecule has 39 heavy (non-hydrogen) atoms. The van der Waals surface area contributed by atoms with Crippen molar-refractivity contribution in [3.8, 4) is 0 Å². The van der Waals surface area contributed by atoms with Gasteiger partial charge in [0.25, 0.3) is 5.56 Å². The second-order valence-corrected chi connectivity index (χ2v) is 12.1. The van der Waals surface area contributed by atoms with Crippen molar-refractivity contribution >= 4 is 55.9 Å². The van der Waals surface area contributed by atoms with Gasteiger partial charge in [-0.1, -0.05) is 47.1 Å². The highest BCUT2D eigenvalue weighted by molar-refractivity contribution is 9.10. The normalized spacial score (nSPS) is 18.2. The van der Waals surface area contributed by atoms with Crippen LogP contribution in [-0.2, 0) is 16.6 Å². The van der Waals surface area contributed by atoms with Gasteiger partial charge in [0.15, 0.2) is 5.56 Å². The number of carbonyl (C=O) groups is 1. The van der Waals surface area contributed by atoms with E-state index in [9.17, 15) is 9.59 Å². The zero-order chi connectivity index (χ0) is 28.5. The van der Waals surface area contributed by atoms with Gasteiger partial charge >= 0.3 is 5.97 Å². The van der Waals surface area contributed by atoms with Gasteiger partial charge in [-0.2, -0.15) is 0 Å². The largest absolute Gasteiger partial charge is 0.465 e. The summed E-state index contributed by atoms with van der Waals surface area (Å²) in [7, 11) is 4.78. The van der Waals surface area contributed by atoms with Crippen LogP contribution in [0, 0.1) is 5.92 Å². The van der Waals surface area contributed by atoms with Gasteiger partial charge in [-0.05, 0) is 74.0 Å². The zero-order valence-electron chi connectivity index (χ0n) is 23.1. The molecule has 3 aromatic rings. The third-order valence-electron chi connectivity index (χ3n) is 7.11. The van der Waals surface area contributed by atoms with Crippen molar-refractivity contribution in [3.05, 3.63) is 67.5 Å². The molecule has 1 aliphatic rings. The molecule has 10 heteroatoms. The summed E-state index contributed by atoms with van der Waals surface area (Å²) < 4.78 is 7.00. The van der Waals surface area contributed by atoms with E-state index >= 15 is 0 Å². The van der Waals surface area contributed by atoms with Gasteiger partial charge in [0.2, 0.25) is 0 Å². The van der Waals surface area contributed by atoms with Gasteiger partial charge in [-0.3, -0.25) is 4.79 Å². The monoisotopic (exact) mass is 616 g/mol. The molecule has 0 atom stereocenters. The van der Waals surface area contributed by atoms with E-state index in [1.807, 2.05) is 50.9 Å². The number of hydrogen-bond acceptors (Lipinski definition) is 7. The third kappa shape index (κ3) is 6.14. The van der Waals surface area contributed by atoms with Crippen LogP contribution in [0.25, 0.3) is 11.0 Å². The quantitative estimate of drug-likeness (QED) is 0.139. The van der Waals surface area contributed by atoms with Crippen molar-refractivity contribution in [1.29, 1.82) is 0 Å². The smallest absolute Gasteiger partial charge is 0.345 e. The third-order valence-corrected chi connectivity index (χ3v) is 8.24. The Hall–Kier alpha value is -2.91. The van der Waals surface area contributed by atoms with E-state index in [-0.39, 0.29) is 22.7 Å². The highest BCUT2D eigenvalue weighted by atomic mass is 79.9. The van der Waals surface area contributed by atoms with Crippen LogP contribution in [-0.4, -0.2) is 47.0 Å². The summed E-state index contributed by atoms with van der Waals surface area (Å²) in [5.41, 5.74) is 2.58. The standard InChI is InChI=1S/C29H34BrClN4O4/c1-29(2,3)39-33-23(17-10-8-7-9-11-17)18-12-14-19(15-13-18)34(4)25-22(28(37)38-6)27(36)35(5)21-16-20(30)26(31)32-24(21)25/h7-11,16,18-19H,12-15H2,1-6H3/b33-23+. The first-order chi connectivity index (χ1) is 18.4. The van der Waals surface area contributed by atoms with Crippen molar-refractivity contribution < 1.29 is 14.4 Å². The highest BCUT2D eigenvalue weighted by Gasteiger charge is 2.33. The van der Waals surface area contributed by atoms with Gasteiger partial charge in [0.05, 0.1) is 28.5 Å². The van der Waals surface area contributed by atoms with E-state index in [0.29, 0.717) is 21.2 Å². The summed E-state index contributed by atoms with van der Waals surface area (Å²) in [6, 6.07) is 11.9. The van der Waals surface area contributed by atoms with Crippen molar-refractivity contribution in [3.63, 3.8) is 0 Å². The Morgan fingerprint density at radius 2 is 1.82 bits per heavy atom. The van der Waals surface area contributed by atoms with E-state index in [0.717, 1.165) is 37.0 Å². The zero-order valence-corrected chi connectivity index (χ0v) is 25.5. The Balaban J connectivity index is 1.70. The summed E-state index contributed by atoms with van der Waals surface area (Å²) in [6.45, 7) is 5.95. The second-order valence-electron chi connectivity index (χ2n) is 10.9. The van der Waals surface area contributed by atoms with Gasteiger partial charge in [-0.25, -0.2) is 9.78 Å². The summed E-state index contributed by atoms with van der Waals surface area (Å²) in [4.78, 5) is 38.7. The summed E-state index contributed by atoms with van der Waals surface area (Å²) in [5.74, 6) is -0.491. The first-order valence-electron chi connectivity index (χ1n) is 12.9. The summed E-state index contributed by atoms with van der Waals surface area (Å²) in [5, 5.41) is 4.86. The van der Waals surface area contributed by atoms with Crippen LogP contribution in [0.1, 0.15) is 62.4 Å². The number of esters is 1. The van der Waals surface area contributed by atoms with Crippen molar-refractivity contribution in [1.82, 2.24) is 9.55 Å². The predicted octanol–water partition coefficient (Wildman–Crippen LogP) is 6.35. The Kier molecular flexibility index (Phi) is 8.71. The van der Waals surface area contributed by atoms with Crippen LogP contribution in [0.2, 0.25) is 5.15 Å². The molecule has 208 valence electrons. The molecule has 4 rings (SSSR count). The van der Waals surface area contributed by atoms with Crippen LogP contribution in [0.3, 0.4) is 0 Å². The molecule has 0 unspecified atom stereocenters. The van der Waals surface area contributed by atoms with E-state index < -0.39 is 17.1 Å². The lowest BCUT2D eigenvalue weighted by atomic mass is 9.80. The van der Waals surface area contributed by atoms with Gasteiger partial charge in [0.1, 0.15) is 16.3 Å². The predicted molar refractivity (Wildman–Crippen MR) is 159 cm³/mol. The maximum atomic E-state index is 13.4. The van der Waals surface area contributed by atoms with E-state index in [2.05, 4.69) is 38.2 Å². The lowest BCUT2D eigenvalue weighted by molar-refractivity contribution is -0.0000344.